The van der Waals surface area contributed by atoms with E-state index in [1.807, 2.05) is 25.1 Å². The van der Waals surface area contributed by atoms with Gasteiger partial charge in [-0.25, -0.2) is 0 Å². The minimum Gasteiger partial charge on any atom is -0.324 e. The van der Waals surface area contributed by atoms with Crippen molar-refractivity contribution in [2.45, 2.75) is 32.2 Å². The lowest BCUT2D eigenvalue weighted by Crippen LogP contribution is -2.10. The van der Waals surface area contributed by atoms with Crippen LogP contribution >= 0.6 is 11.6 Å². The first kappa shape index (κ1) is 14.1. The first-order valence-corrected chi connectivity index (χ1v) is 7.10. The topological polar surface area (TPSA) is 26.0 Å². The molecular weight excluding hydrogens is 254 g/mol. The molecule has 0 spiro atoms. The number of hydrogen-bond acceptors (Lipinski definition) is 1. The van der Waals surface area contributed by atoms with Crippen molar-refractivity contribution in [2.24, 2.45) is 5.73 Å². The molecule has 0 saturated carbocycles. The van der Waals surface area contributed by atoms with Gasteiger partial charge in [0.25, 0.3) is 0 Å². The van der Waals surface area contributed by atoms with E-state index < -0.39 is 0 Å². The van der Waals surface area contributed by atoms with Gasteiger partial charge in [0.05, 0.1) is 0 Å². The Morgan fingerprint density at radius 1 is 1.11 bits per heavy atom. The van der Waals surface area contributed by atoms with Crippen LogP contribution in [0.1, 0.15) is 35.6 Å². The molecular formula is C17H20ClN. The van der Waals surface area contributed by atoms with Crippen LogP contribution in [-0.4, -0.2) is 0 Å². The van der Waals surface area contributed by atoms with E-state index in [2.05, 4.69) is 30.3 Å². The van der Waals surface area contributed by atoms with Crippen molar-refractivity contribution in [3.05, 3.63) is 70.2 Å². The highest BCUT2D eigenvalue weighted by Crippen LogP contribution is 2.22. The standard InChI is InChI=1S/C17H20ClN/c1-13-12-15(10-11-16(13)18)17(19)9-5-8-14-6-3-2-4-7-14/h2-4,6-7,10-12,17H,5,8-9,19H2,1H3. The van der Waals surface area contributed by atoms with Crippen LogP contribution in [0.2, 0.25) is 5.02 Å². The van der Waals surface area contributed by atoms with E-state index in [0.717, 1.165) is 29.8 Å². The second-order valence-electron chi connectivity index (χ2n) is 4.99. The fourth-order valence-electron chi connectivity index (χ4n) is 2.24. The summed E-state index contributed by atoms with van der Waals surface area (Å²) in [6.45, 7) is 2.02. The summed E-state index contributed by atoms with van der Waals surface area (Å²) >= 11 is 6.03. The van der Waals surface area contributed by atoms with E-state index in [-0.39, 0.29) is 6.04 Å². The Bertz CT molecular complexity index is 522. The van der Waals surface area contributed by atoms with Gasteiger partial charge in [-0.3, -0.25) is 0 Å². The molecule has 100 valence electrons. The number of halogens is 1. The molecule has 2 aromatic rings. The predicted molar refractivity (Wildman–Crippen MR) is 82.5 cm³/mol. The predicted octanol–water partition coefficient (Wildman–Crippen LogP) is 4.67. The van der Waals surface area contributed by atoms with Gasteiger partial charge in [0.15, 0.2) is 0 Å². The zero-order valence-corrected chi connectivity index (χ0v) is 12.0. The van der Waals surface area contributed by atoms with Crippen LogP contribution in [0.5, 0.6) is 0 Å². The quantitative estimate of drug-likeness (QED) is 0.842. The molecule has 2 N–H and O–H groups in total. The van der Waals surface area contributed by atoms with Crippen molar-refractivity contribution in [1.29, 1.82) is 0 Å². The van der Waals surface area contributed by atoms with E-state index >= 15 is 0 Å². The molecule has 1 nitrogen and oxygen atoms in total. The van der Waals surface area contributed by atoms with Crippen molar-refractivity contribution in [3.8, 4) is 0 Å². The minimum atomic E-state index is 0.0969. The largest absolute Gasteiger partial charge is 0.324 e. The zero-order valence-electron chi connectivity index (χ0n) is 11.3. The van der Waals surface area contributed by atoms with Crippen LogP contribution < -0.4 is 5.73 Å². The van der Waals surface area contributed by atoms with Crippen LogP contribution in [0, 0.1) is 6.92 Å². The normalized spacial score (nSPS) is 12.4. The van der Waals surface area contributed by atoms with Crippen molar-refractivity contribution >= 4 is 11.6 Å². The Morgan fingerprint density at radius 3 is 2.53 bits per heavy atom. The summed E-state index contributed by atoms with van der Waals surface area (Å²) in [5.41, 5.74) is 9.88. The van der Waals surface area contributed by atoms with Gasteiger partial charge in [0.1, 0.15) is 0 Å². The number of nitrogens with two attached hydrogens (primary N) is 1. The molecule has 1 unspecified atom stereocenters. The van der Waals surface area contributed by atoms with Gasteiger partial charge in [0, 0.05) is 11.1 Å². The summed E-state index contributed by atoms with van der Waals surface area (Å²) < 4.78 is 0. The number of benzene rings is 2. The van der Waals surface area contributed by atoms with Gasteiger partial charge in [-0.15, -0.1) is 0 Å². The van der Waals surface area contributed by atoms with Crippen molar-refractivity contribution in [2.75, 3.05) is 0 Å². The van der Waals surface area contributed by atoms with Gasteiger partial charge >= 0.3 is 0 Å². The van der Waals surface area contributed by atoms with Crippen LogP contribution in [0.4, 0.5) is 0 Å². The van der Waals surface area contributed by atoms with Gasteiger partial charge in [0.2, 0.25) is 0 Å². The van der Waals surface area contributed by atoms with Crippen LogP contribution in [0.15, 0.2) is 48.5 Å². The Balaban J connectivity index is 1.87. The molecule has 0 aliphatic rings. The van der Waals surface area contributed by atoms with Gasteiger partial charge in [-0.2, -0.15) is 0 Å². The monoisotopic (exact) mass is 273 g/mol. The average molecular weight is 274 g/mol. The molecule has 0 saturated heterocycles. The molecule has 2 aromatic carbocycles. The van der Waals surface area contributed by atoms with Gasteiger partial charge < -0.3 is 5.73 Å². The molecule has 0 fully saturated rings. The molecule has 0 radical (unpaired) electrons. The summed E-state index contributed by atoms with van der Waals surface area (Å²) in [4.78, 5) is 0. The Hall–Kier alpha value is -1.31. The fraction of sp³-hybridized carbons (Fsp3) is 0.294. The second kappa shape index (κ2) is 6.74. The first-order chi connectivity index (χ1) is 9.16. The lowest BCUT2D eigenvalue weighted by Gasteiger charge is -2.13. The summed E-state index contributed by atoms with van der Waals surface area (Å²) in [5, 5.41) is 0.806. The van der Waals surface area contributed by atoms with Crippen LogP contribution in [0.3, 0.4) is 0 Å². The van der Waals surface area contributed by atoms with Crippen molar-refractivity contribution in [1.82, 2.24) is 0 Å². The lowest BCUT2D eigenvalue weighted by molar-refractivity contribution is 0.611. The highest BCUT2D eigenvalue weighted by molar-refractivity contribution is 6.31. The molecule has 0 aromatic heterocycles. The SMILES string of the molecule is Cc1cc(C(N)CCCc2ccccc2)ccc1Cl. The molecule has 0 heterocycles. The van der Waals surface area contributed by atoms with Gasteiger partial charge in [-0.1, -0.05) is 54.1 Å². The van der Waals surface area contributed by atoms with Gasteiger partial charge in [-0.05, 0) is 48.9 Å². The maximum Gasteiger partial charge on any atom is 0.0435 e. The third kappa shape index (κ3) is 4.09. The molecule has 2 heteroatoms. The minimum absolute atomic E-state index is 0.0969. The number of rotatable bonds is 5. The second-order valence-corrected chi connectivity index (χ2v) is 5.40. The Morgan fingerprint density at radius 2 is 1.84 bits per heavy atom. The molecule has 0 aliphatic carbocycles. The van der Waals surface area contributed by atoms with E-state index in [1.165, 1.54) is 11.1 Å². The third-order valence-electron chi connectivity index (χ3n) is 3.43. The summed E-state index contributed by atoms with van der Waals surface area (Å²) in [6, 6.07) is 16.7. The molecule has 19 heavy (non-hydrogen) atoms. The molecule has 0 amide bonds. The van der Waals surface area contributed by atoms with Crippen LogP contribution in [0.25, 0.3) is 0 Å². The van der Waals surface area contributed by atoms with E-state index in [4.69, 9.17) is 17.3 Å². The fourth-order valence-corrected chi connectivity index (χ4v) is 2.35. The number of aryl methyl sites for hydroxylation is 2. The zero-order chi connectivity index (χ0) is 13.7. The smallest absolute Gasteiger partial charge is 0.0435 e. The summed E-state index contributed by atoms with van der Waals surface area (Å²) in [7, 11) is 0. The first-order valence-electron chi connectivity index (χ1n) is 6.72. The van der Waals surface area contributed by atoms with E-state index in [1.54, 1.807) is 0 Å². The number of hydrogen-bond donors (Lipinski definition) is 1. The highest BCUT2D eigenvalue weighted by Gasteiger charge is 2.07. The Kier molecular flexibility index (Phi) is 5.00. The highest BCUT2D eigenvalue weighted by atomic mass is 35.5. The summed E-state index contributed by atoms with van der Waals surface area (Å²) in [5.74, 6) is 0. The van der Waals surface area contributed by atoms with Crippen molar-refractivity contribution < 1.29 is 0 Å². The maximum absolute atomic E-state index is 6.24. The van der Waals surface area contributed by atoms with Crippen molar-refractivity contribution in [3.63, 3.8) is 0 Å². The molecule has 0 bridgehead atoms. The summed E-state index contributed by atoms with van der Waals surface area (Å²) in [6.07, 6.45) is 3.18. The van der Waals surface area contributed by atoms with Crippen LogP contribution in [-0.2, 0) is 6.42 Å². The lowest BCUT2D eigenvalue weighted by atomic mass is 9.98. The molecule has 0 aliphatic heterocycles. The van der Waals surface area contributed by atoms with E-state index in [0.29, 0.717) is 0 Å². The molecule has 2 rings (SSSR count). The van der Waals surface area contributed by atoms with E-state index in [9.17, 15) is 0 Å². The molecule has 1 atom stereocenters. The maximum atomic E-state index is 6.24. The third-order valence-corrected chi connectivity index (χ3v) is 3.86. The Labute approximate surface area is 120 Å². The average Bonchev–Trinajstić information content (AvgIpc) is 2.43.